The summed E-state index contributed by atoms with van der Waals surface area (Å²) in [5, 5.41) is 2.78. The van der Waals surface area contributed by atoms with Crippen molar-refractivity contribution in [2.45, 2.75) is 26.3 Å². The second kappa shape index (κ2) is 6.91. The molecule has 4 heteroatoms. The van der Waals surface area contributed by atoms with Crippen LogP contribution in [0.15, 0.2) is 24.3 Å². The van der Waals surface area contributed by atoms with Crippen LogP contribution in [-0.4, -0.2) is 25.1 Å². The van der Waals surface area contributed by atoms with Gasteiger partial charge >= 0.3 is 0 Å². The Morgan fingerprint density at radius 3 is 2.94 bits per heavy atom. The monoisotopic (exact) mass is 236 g/mol. The first kappa shape index (κ1) is 13.5. The molecular formula is C13H20N2O2. The smallest absolute Gasteiger partial charge is 0.223 e. The predicted molar refractivity (Wildman–Crippen MR) is 68.0 cm³/mol. The summed E-state index contributed by atoms with van der Waals surface area (Å²) in [6, 6.07) is 7.78. The lowest BCUT2D eigenvalue weighted by Crippen LogP contribution is -2.38. The van der Waals surface area contributed by atoms with Gasteiger partial charge in [0, 0.05) is 12.6 Å². The van der Waals surface area contributed by atoms with Gasteiger partial charge in [0.2, 0.25) is 5.91 Å². The number of carbonyl (C=O) groups is 1. The lowest BCUT2D eigenvalue weighted by Gasteiger charge is -2.11. The third-order valence-electron chi connectivity index (χ3n) is 2.35. The summed E-state index contributed by atoms with van der Waals surface area (Å²) in [7, 11) is 0. The average molecular weight is 236 g/mol. The summed E-state index contributed by atoms with van der Waals surface area (Å²) >= 11 is 0. The molecule has 0 spiro atoms. The number of ether oxygens (including phenoxy) is 1. The molecule has 0 saturated carbocycles. The molecular weight excluding hydrogens is 216 g/mol. The van der Waals surface area contributed by atoms with Crippen molar-refractivity contribution < 1.29 is 9.53 Å². The zero-order valence-electron chi connectivity index (χ0n) is 10.4. The van der Waals surface area contributed by atoms with Crippen LogP contribution in [0, 0.1) is 6.92 Å². The summed E-state index contributed by atoms with van der Waals surface area (Å²) < 4.78 is 5.48. The topological polar surface area (TPSA) is 64.3 Å². The molecule has 4 nitrogen and oxygen atoms in total. The van der Waals surface area contributed by atoms with Crippen LogP contribution < -0.4 is 15.8 Å². The Balaban J connectivity index is 2.26. The fourth-order valence-corrected chi connectivity index (χ4v) is 1.37. The molecule has 1 aromatic rings. The van der Waals surface area contributed by atoms with Gasteiger partial charge in [-0.25, -0.2) is 0 Å². The van der Waals surface area contributed by atoms with Gasteiger partial charge in [-0.2, -0.15) is 0 Å². The molecule has 0 heterocycles. The van der Waals surface area contributed by atoms with E-state index in [2.05, 4.69) is 5.32 Å². The highest BCUT2D eigenvalue weighted by molar-refractivity contribution is 5.76. The predicted octanol–water partition coefficient (Wildman–Crippen LogP) is 1.23. The Labute approximate surface area is 102 Å². The number of rotatable bonds is 6. The van der Waals surface area contributed by atoms with Crippen LogP contribution in [0.3, 0.4) is 0 Å². The Morgan fingerprint density at radius 1 is 1.53 bits per heavy atom. The molecule has 0 fully saturated rings. The van der Waals surface area contributed by atoms with Gasteiger partial charge in [-0.15, -0.1) is 0 Å². The van der Waals surface area contributed by atoms with Gasteiger partial charge in [0.05, 0.1) is 13.0 Å². The average Bonchev–Trinajstić information content (AvgIpc) is 2.29. The standard InChI is InChI=1S/C13H20N2O2/c1-10-4-3-5-12(8-10)17-7-6-13(16)15-11(2)9-14/h3-5,8,11H,6-7,9,14H2,1-2H3,(H,15,16)/t11-/m0/s1. The van der Waals surface area contributed by atoms with E-state index in [-0.39, 0.29) is 11.9 Å². The van der Waals surface area contributed by atoms with E-state index in [4.69, 9.17) is 10.5 Å². The highest BCUT2D eigenvalue weighted by Gasteiger charge is 2.05. The van der Waals surface area contributed by atoms with Gasteiger partial charge in [0.1, 0.15) is 5.75 Å². The van der Waals surface area contributed by atoms with Crippen LogP contribution in [0.1, 0.15) is 18.9 Å². The molecule has 0 saturated heterocycles. The molecule has 0 aliphatic rings. The molecule has 1 aromatic carbocycles. The number of amides is 1. The third kappa shape index (κ3) is 5.36. The van der Waals surface area contributed by atoms with E-state index in [0.29, 0.717) is 19.6 Å². The van der Waals surface area contributed by atoms with Crippen LogP contribution in [0.4, 0.5) is 0 Å². The molecule has 17 heavy (non-hydrogen) atoms. The van der Waals surface area contributed by atoms with Gasteiger partial charge in [0.25, 0.3) is 0 Å². The molecule has 0 aromatic heterocycles. The van der Waals surface area contributed by atoms with Crippen molar-refractivity contribution in [2.75, 3.05) is 13.2 Å². The number of nitrogens with two attached hydrogens (primary N) is 1. The van der Waals surface area contributed by atoms with Crippen molar-refractivity contribution in [3.63, 3.8) is 0 Å². The Hall–Kier alpha value is -1.55. The minimum Gasteiger partial charge on any atom is -0.493 e. The molecule has 1 atom stereocenters. The van der Waals surface area contributed by atoms with Crippen LogP contribution in [-0.2, 0) is 4.79 Å². The molecule has 1 rings (SSSR count). The first-order valence-corrected chi connectivity index (χ1v) is 5.80. The van der Waals surface area contributed by atoms with Crippen molar-refractivity contribution in [2.24, 2.45) is 5.73 Å². The first-order valence-electron chi connectivity index (χ1n) is 5.80. The second-order valence-electron chi connectivity index (χ2n) is 4.12. The zero-order valence-corrected chi connectivity index (χ0v) is 10.4. The Morgan fingerprint density at radius 2 is 2.29 bits per heavy atom. The van der Waals surface area contributed by atoms with Crippen molar-refractivity contribution in [3.8, 4) is 5.75 Å². The summed E-state index contributed by atoms with van der Waals surface area (Å²) in [5.41, 5.74) is 6.55. The Bertz CT molecular complexity index is 366. The number of hydrogen-bond acceptors (Lipinski definition) is 3. The van der Waals surface area contributed by atoms with E-state index in [9.17, 15) is 4.79 Å². The molecule has 0 aliphatic heterocycles. The van der Waals surface area contributed by atoms with Crippen LogP contribution in [0.5, 0.6) is 5.75 Å². The number of benzene rings is 1. The fourth-order valence-electron chi connectivity index (χ4n) is 1.37. The van der Waals surface area contributed by atoms with Gasteiger partial charge in [-0.05, 0) is 31.5 Å². The summed E-state index contributed by atoms with van der Waals surface area (Å²) in [4.78, 5) is 11.4. The molecule has 1 amide bonds. The van der Waals surface area contributed by atoms with Crippen molar-refractivity contribution in [1.82, 2.24) is 5.32 Å². The maximum Gasteiger partial charge on any atom is 0.223 e. The van der Waals surface area contributed by atoms with Crippen molar-refractivity contribution in [1.29, 1.82) is 0 Å². The second-order valence-corrected chi connectivity index (χ2v) is 4.12. The largest absolute Gasteiger partial charge is 0.493 e. The number of carbonyl (C=O) groups excluding carboxylic acids is 1. The lowest BCUT2D eigenvalue weighted by atomic mass is 10.2. The molecule has 0 bridgehead atoms. The number of hydrogen-bond donors (Lipinski definition) is 2. The van der Waals surface area contributed by atoms with E-state index in [1.54, 1.807) is 0 Å². The SMILES string of the molecule is Cc1cccc(OCCC(=O)N[C@@H](C)CN)c1. The molecule has 0 aliphatic carbocycles. The summed E-state index contributed by atoms with van der Waals surface area (Å²) in [6.45, 7) is 4.71. The van der Waals surface area contributed by atoms with Crippen molar-refractivity contribution >= 4 is 5.91 Å². The van der Waals surface area contributed by atoms with E-state index in [0.717, 1.165) is 11.3 Å². The summed E-state index contributed by atoms with van der Waals surface area (Å²) in [6.07, 6.45) is 0.346. The van der Waals surface area contributed by atoms with Gasteiger partial charge in [-0.3, -0.25) is 4.79 Å². The molecule has 3 N–H and O–H groups in total. The fraction of sp³-hybridized carbons (Fsp3) is 0.462. The number of nitrogens with one attached hydrogen (secondary N) is 1. The van der Waals surface area contributed by atoms with Crippen LogP contribution >= 0.6 is 0 Å². The van der Waals surface area contributed by atoms with Gasteiger partial charge in [-0.1, -0.05) is 12.1 Å². The van der Waals surface area contributed by atoms with E-state index in [1.807, 2.05) is 38.1 Å². The molecule has 0 unspecified atom stereocenters. The minimum absolute atomic E-state index is 0.0152. The van der Waals surface area contributed by atoms with Crippen LogP contribution in [0.2, 0.25) is 0 Å². The van der Waals surface area contributed by atoms with E-state index in [1.165, 1.54) is 0 Å². The minimum atomic E-state index is -0.0318. The van der Waals surface area contributed by atoms with Crippen molar-refractivity contribution in [3.05, 3.63) is 29.8 Å². The zero-order chi connectivity index (χ0) is 12.7. The van der Waals surface area contributed by atoms with E-state index >= 15 is 0 Å². The quantitative estimate of drug-likeness (QED) is 0.780. The highest BCUT2D eigenvalue weighted by Crippen LogP contribution is 2.12. The summed E-state index contributed by atoms with van der Waals surface area (Å²) in [5.74, 6) is 0.764. The van der Waals surface area contributed by atoms with Crippen LogP contribution in [0.25, 0.3) is 0 Å². The van der Waals surface area contributed by atoms with Gasteiger partial charge in [0.15, 0.2) is 0 Å². The normalized spacial score (nSPS) is 11.9. The van der Waals surface area contributed by atoms with Gasteiger partial charge < -0.3 is 15.8 Å². The molecule has 94 valence electrons. The maximum absolute atomic E-state index is 11.4. The third-order valence-corrected chi connectivity index (χ3v) is 2.35. The first-order chi connectivity index (χ1) is 8.11. The lowest BCUT2D eigenvalue weighted by molar-refractivity contribution is -0.122. The Kier molecular flexibility index (Phi) is 5.49. The van der Waals surface area contributed by atoms with E-state index < -0.39 is 0 Å². The number of aryl methyl sites for hydroxylation is 1. The highest BCUT2D eigenvalue weighted by atomic mass is 16.5. The maximum atomic E-state index is 11.4. The molecule has 0 radical (unpaired) electrons.